The van der Waals surface area contributed by atoms with Gasteiger partial charge in [0.25, 0.3) is 5.69 Å². The van der Waals surface area contributed by atoms with Crippen molar-refractivity contribution in [2.45, 2.75) is 0 Å². The summed E-state index contributed by atoms with van der Waals surface area (Å²) < 4.78 is 1.56. The van der Waals surface area contributed by atoms with E-state index in [1.54, 1.807) is 12.1 Å². The van der Waals surface area contributed by atoms with Gasteiger partial charge in [0.05, 0.1) is 20.8 Å². The fraction of sp³-hybridized carbons (Fsp3) is 0. The van der Waals surface area contributed by atoms with Crippen molar-refractivity contribution in [3.05, 3.63) is 56.1 Å². The molecule has 0 aliphatic heterocycles. The van der Waals surface area contributed by atoms with Crippen LogP contribution in [0.5, 0.6) is 0 Å². The predicted molar refractivity (Wildman–Crippen MR) is 98.1 cm³/mol. The van der Waals surface area contributed by atoms with E-state index in [1.807, 2.05) is 18.2 Å². The molecule has 3 aromatic rings. The zero-order valence-electron chi connectivity index (χ0n) is 11.4. The Hall–Kier alpha value is -2.27. The van der Waals surface area contributed by atoms with E-state index in [9.17, 15) is 14.9 Å². The molecule has 7 nitrogen and oxygen atoms in total. The van der Waals surface area contributed by atoms with Crippen molar-refractivity contribution in [1.82, 2.24) is 4.98 Å². The fourth-order valence-corrected chi connectivity index (χ4v) is 3.31. The summed E-state index contributed by atoms with van der Waals surface area (Å²) in [5.74, 6) is 0. The molecule has 116 valence electrons. The number of nitro benzene ring substituents is 1. The van der Waals surface area contributed by atoms with Crippen LogP contribution in [0.25, 0.3) is 10.2 Å². The third-order valence-corrected chi connectivity index (χ3v) is 4.80. The minimum Gasteiger partial charge on any atom is -0.307 e. The highest BCUT2D eigenvalue weighted by atomic mass is 127. The number of non-ortho nitro benzene ring substituents is 1. The number of nitrogens with zero attached hydrogens (tertiary/aromatic N) is 2. The molecule has 0 fully saturated rings. The lowest BCUT2D eigenvalue weighted by Gasteiger charge is -2.06. The normalized spacial score (nSPS) is 10.5. The number of rotatable bonds is 3. The monoisotopic (exact) mass is 440 g/mol. The fourth-order valence-electron chi connectivity index (χ4n) is 1.89. The summed E-state index contributed by atoms with van der Waals surface area (Å²) in [4.78, 5) is 26.6. The van der Waals surface area contributed by atoms with Crippen LogP contribution < -0.4 is 10.6 Å². The zero-order valence-corrected chi connectivity index (χ0v) is 14.4. The van der Waals surface area contributed by atoms with Gasteiger partial charge in [-0.2, -0.15) is 0 Å². The smallest absolute Gasteiger partial charge is 0.307 e. The highest BCUT2D eigenvalue weighted by Gasteiger charge is 2.12. The van der Waals surface area contributed by atoms with Gasteiger partial charge in [0.15, 0.2) is 5.13 Å². The molecule has 0 aliphatic rings. The topological polar surface area (TPSA) is 97.2 Å². The van der Waals surface area contributed by atoms with E-state index in [4.69, 9.17) is 0 Å². The zero-order chi connectivity index (χ0) is 16.4. The summed E-state index contributed by atoms with van der Waals surface area (Å²) in [5.41, 5.74) is 1.29. The van der Waals surface area contributed by atoms with Crippen LogP contribution >= 0.6 is 33.9 Å². The number of aromatic nitrogens is 1. The molecule has 9 heteroatoms. The van der Waals surface area contributed by atoms with Crippen LogP contribution in [-0.2, 0) is 0 Å². The van der Waals surface area contributed by atoms with Gasteiger partial charge in [-0.3, -0.25) is 15.4 Å². The molecule has 1 aromatic heterocycles. The number of halogens is 1. The van der Waals surface area contributed by atoms with Crippen LogP contribution in [-0.4, -0.2) is 15.9 Å². The molecule has 0 atom stereocenters. The number of para-hydroxylation sites is 1. The molecule has 0 aliphatic carbocycles. The molecule has 2 N–H and O–H groups in total. The molecule has 3 rings (SSSR count). The number of carbonyl (C=O) groups is 1. The van der Waals surface area contributed by atoms with Gasteiger partial charge in [0.1, 0.15) is 0 Å². The molecule has 0 radical (unpaired) electrons. The number of anilines is 2. The first kappa shape index (κ1) is 15.6. The van der Waals surface area contributed by atoms with Gasteiger partial charge >= 0.3 is 6.03 Å². The minimum absolute atomic E-state index is 0.00371. The van der Waals surface area contributed by atoms with E-state index in [0.717, 1.165) is 3.57 Å². The molecule has 0 bridgehead atoms. The molecule has 23 heavy (non-hydrogen) atoms. The van der Waals surface area contributed by atoms with Crippen molar-refractivity contribution in [2.24, 2.45) is 0 Å². The average molecular weight is 440 g/mol. The number of thiazole rings is 1. The predicted octanol–water partition coefficient (Wildman–Crippen LogP) is 4.45. The molecule has 1 heterocycles. The molecular formula is C14H9IN4O3S. The lowest BCUT2D eigenvalue weighted by molar-refractivity contribution is -0.384. The van der Waals surface area contributed by atoms with Crippen molar-refractivity contribution in [3.8, 4) is 0 Å². The number of fused-ring (bicyclic) bond motifs is 1. The average Bonchev–Trinajstić information content (AvgIpc) is 2.90. The third-order valence-electron chi connectivity index (χ3n) is 2.93. The number of benzene rings is 2. The molecular weight excluding hydrogens is 431 g/mol. The van der Waals surface area contributed by atoms with Gasteiger partial charge < -0.3 is 5.32 Å². The molecule has 0 saturated carbocycles. The van der Waals surface area contributed by atoms with Gasteiger partial charge in [-0.1, -0.05) is 23.5 Å². The van der Waals surface area contributed by atoms with Crippen LogP contribution in [0.15, 0.2) is 42.5 Å². The van der Waals surface area contributed by atoms with Crippen molar-refractivity contribution in [1.29, 1.82) is 0 Å². The van der Waals surface area contributed by atoms with E-state index in [2.05, 4.69) is 38.2 Å². The maximum Gasteiger partial charge on any atom is 0.325 e. The van der Waals surface area contributed by atoms with Gasteiger partial charge in [0, 0.05) is 15.7 Å². The summed E-state index contributed by atoms with van der Waals surface area (Å²) in [5, 5.41) is 16.5. The summed E-state index contributed by atoms with van der Waals surface area (Å²) in [6.07, 6.45) is 0. The molecule has 0 unspecified atom stereocenters. The van der Waals surface area contributed by atoms with E-state index in [0.29, 0.717) is 21.0 Å². The maximum absolute atomic E-state index is 12.0. The van der Waals surface area contributed by atoms with Crippen molar-refractivity contribution in [3.63, 3.8) is 0 Å². The Bertz CT molecular complexity index is 912. The number of hydrogen-bond donors (Lipinski definition) is 2. The number of hydrogen-bond acceptors (Lipinski definition) is 5. The van der Waals surface area contributed by atoms with E-state index in [-0.39, 0.29) is 5.69 Å². The second-order valence-corrected chi connectivity index (χ2v) is 6.68. The van der Waals surface area contributed by atoms with Crippen LogP contribution in [0.4, 0.5) is 21.3 Å². The Labute approximate surface area is 148 Å². The van der Waals surface area contributed by atoms with Crippen LogP contribution in [0.2, 0.25) is 0 Å². The molecule has 2 aromatic carbocycles. The quantitative estimate of drug-likeness (QED) is 0.357. The summed E-state index contributed by atoms with van der Waals surface area (Å²) in [6.45, 7) is 0. The van der Waals surface area contributed by atoms with Gasteiger partial charge in [-0.15, -0.1) is 0 Å². The maximum atomic E-state index is 12.0. The highest BCUT2D eigenvalue weighted by molar-refractivity contribution is 14.1. The largest absolute Gasteiger partial charge is 0.325 e. The standard InChI is InChI=1S/C14H9IN4O3S/c15-9-3-1-2-4-10(9)16-13(20)18-14-17-11-6-5-8(19(21)22)7-12(11)23-14/h1-7H,(H2,16,17,18,20). The first-order valence-corrected chi connectivity index (χ1v) is 8.30. The Morgan fingerprint density at radius 2 is 2.00 bits per heavy atom. The first-order chi connectivity index (χ1) is 11.0. The van der Waals surface area contributed by atoms with E-state index < -0.39 is 11.0 Å². The SMILES string of the molecule is O=C(Nc1nc2ccc([N+](=O)[O-])cc2s1)Nc1ccccc1I. The van der Waals surface area contributed by atoms with Crippen molar-refractivity contribution >= 4 is 66.7 Å². The second-order valence-electron chi connectivity index (χ2n) is 4.49. The number of amides is 2. The Morgan fingerprint density at radius 3 is 2.74 bits per heavy atom. The van der Waals surface area contributed by atoms with Gasteiger partial charge in [-0.25, -0.2) is 9.78 Å². The van der Waals surface area contributed by atoms with E-state index in [1.165, 1.54) is 23.5 Å². The Kier molecular flexibility index (Phi) is 4.39. The summed E-state index contributed by atoms with van der Waals surface area (Å²) in [7, 11) is 0. The molecule has 0 spiro atoms. The number of nitrogens with one attached hydrogen (secondary N) is 2. The van der Waals surface area contributed by atoms with Crippen LogP contribution in [0, 0.1) is 13.7 Å². The third kappa shape index (κ3) is 3.56. The highest BCUT2D eigenvalue weighted by Crippen LogP contribution is 2.29. The Morgan fingerprint density at radius 1 is 1.22 bits per heavy atom. The Balaban J connectivity index is 1.77. The number of nitro groups is 1. The lowest BCUT2D eigenvalue weighted by Crippen LogP contribution is -2.19. The van der Waals surface area contributed by atoms with Crippen LogP contribution in [0.1, 0.15) is 0 Å². The summed E-state index contributed by atoms with van der Waals surface area (Å²) >= 11 is 3.31. The summed E-state index contributed by atoms with van der Waals surface area (Å²) in [6, 6.07) is 11.4. The molecule has 0 saturated heterocycles. The van der Waals surface area contributed by atoms with Crippen molar-refractivity contribution < 1.29 is 9.72 Å². The lowest BCUT2D eigenvalue weighted by atomic mass is 10.3. The number of carbonyl (C=O) groups excluding carboxylic acids is 1. The van der Waals surface area contributed by atoms with Crippen LogP contribution in [0.3, 0.4) is 0 Å². The minimum atomic E-state index is -0.462. The van der Waals surface area contributed by atoms with E-state index >= 15 is 0 Å². The van der Waals surface area contributed by atoms with Gasteiger partial charge in [0.2, 0.25) is 0 Å². The van der Waals surface area contributed by atoms with Gasteiger partial charge in [-0.05, 0) is 40.8 Å². The van der Waals surface area contributed by atoms with Crippen molar-refractivity contribution in [2.75, 3.05) is 10.6 Å². The molecule has 2 amide bonds. The number of urea groups is 1. The first-order valence-electron chi connectivity index (χ1n) is 6.40. The second kappa shape index (κ2) is 6.46.